The number of benzene rings is 1. The highest BCUT2D eigenvalue weighted by molar-refractivity contribution is 5.40. The molecule has 1 aliphatic heterocycles. The molecule has 1 aliphatic carbocycles. The highest BCUT2D eigenvalue weighted by atomic mass is 16.5. The molecule has 1 saturated carbocycles. The van der Waals surface area contributed by atoms with Crippen molar-refractivity contribution in [3.8, 4) is 5.75 Å². The molecule has 1 aromatic carbocycles. The SMILES string of the molecule is COc1ccccc1C1(N2CCNCC2)CCCC1. The van der Waals surface area contributed by atoms with E-state index in [9.17, 15) is 0 Å². The molecule has 1 heterocycles. The first-order valence-electron chi connectivity index (χ1n) is 7.46. The second-order valence-corrected chi connectivity index (χ2v) is 5.68. The van der Waals surface area contributed by atoms with Crippen molar-refractivity contribution in [3.05, 3.63) is 29.8 Å². The number of nitrogens with zero attached hydrogens (tertiary/aromatic N) is 1. The number of ether oxygens (including phenoxy) is 1. The maximum Gasteiger partial charge on any atom is 0.123 e. The van der Waals surface area contributed by atoms with Crippen LogP contribution < -0.4 is 10.1 Å². The van der Waals surface area contributed by atoms with Crippen LogP contribution in [0.25, 0.3) is 0 Å². The van der Waals surface area contributed by atoms with Crippen molar-refractivity contribution in [1.29, 1.82) is 0 Å². The van der Waals surface area contributed by atoms with Gasteiger partial charge in [-0.25, -0.2) is 0 Å². The lowest BCUT2D eigenvalue weighted by atomic mass is 9.85. The van der Waals surface area contributed by atoms with Gasteiger partial charge in [0.15, 0.2) is 0 Å². The minimum Gasteiger partial charge on any atom is -0.496 e. The van der Waals surface area contributed by atoms with E-state index in [1.165, 1.54) is 31.2 Å². The van der Waals surface area contributed by atoms with Gasteiger partial charge in [-0.05, 0) is 18.9 Å². The van der Waals surface area contributed by atoms with Crippen molar-refractivity contribution >= 4 is 0 Å². The Morgan fingerprint density at radius 3 is 2.47 bits per heavy atom. The van der Waals surface area contributed by atoms with Crippen LogP contribution in [0.1, 0.15) is 31.2 Å². The predicted octanol–water partition coefficient (Wildman–Crippen LogP) is 2.37. The third kappa shape index (κ3) is 2.26. The third-order valence-electron chi connectivity index (χ3n) is 4.76. The van der Waals surface area contributed by atoms with Gasteiger partial charge in [-0.3, -0.25) is 4.90 Å². The maximum atomic E-state index is 5.63. The zero-order chi connectivity index (χ0) is 13.1. The number of hydrogen-bond acceptors (Lipinski definition) is 3. The molecule has 2 fully saturated rings. The summed E-state index contributed by atoms with van der Waals surface area (Å²) in [5.41, 5.74) is 1.62. The van der Waals surface area contributed by atoms with Crippen LogP contribution in [-0.4, -0.2) is 38.2 Å². The van der Waals surface area contributed by atoms with Gasteiger partial charge < -0.3 is 10.1 Å². The average Bonchev–Trinajstić information content (AvgIpc) is 2.99. The van der Waals surface area contributed by atoms with Crippen molar-refractivity contribution in [2.45, 2.75) is 31.2 Å². The Bertz CT molecular complexity index is 421. The van der Waals surface area contributed by atoms with Gasteiger partial charge in [-0.1, -0.05) is 31.0 Å². The summed E-state index contributed by atoms with van der Waals surface area (Å²) in [5, 5.41) is 3.46. The topological polar surface area (TPSA) is 24.5 Å². The summed E-state index contributed by atoms with van der Waals surface area (Å²) in [4.78, 5) is 2.69. The summed E-state index contributed by atoms with van der Waals surface area (Å²) >= 11 is 0. The van der Waals surface area contributed by atoms with Gasteiger partial charge in [0.2, 0.25) is 0 Å². The summed E-state index contributed by atoms with van der Waals surface area (Å²) in [6, 6.07) is 8.60. The zero-order valence-electron chi connectivity index (χ0n) is 11.8. The molecule has 2 aliphatic rings. The molecular formula is C16H24N2O. The van der Waals surface area contributed by atoms with Gasteiger partial charge in [0.25, 0.3) is 0 Å². The molecule has 0 radical (unpaired) electrons. The minimum atomic E-state index is 0.217. The smallest absolute Gasteiger partial charge is 0.123 e. The van der Waals surface area contributed by atoms with Crippen molar-refractivity contribution in [2.75, 3.05) is 33.3 Å². The summed E-state index contributed by atoms with van der Waals surface area (Å²) in [6.07, 6.45) is 5.21. The fourth-order valence-corrected chi connectivity index (χ4v) is 3.84. The molecule has 3 heteroatoms. The van der Waals surface area contributed by atoms with E-state index < -0.39 is 0 Å². The third-order valence-corrected chi connectivity index (χ3v) is 4.76. The molecule has 0 atom stereocenters. The molecule has 3 rings (SSSR count). The number of rotatable bonds is 3. The van der Waals surface area contributed by atoms with E-state index in [0.29, 0.717) is 0 Å². The molecular weight excluding hydrogens is 236 g/mol. The largest absolute Gasteiger partial charge is 0.496 e. The van der Waals surface area contributed by atoms with E-state index in [1.807, 2.05) is 0 Å². The van der Waals surface area contributed by atoms with E-state index in [-0.39, 0.29) is 5.54 Å². The molecule has 1 saturated heterocycles. The highest BCUT2D eigenvalue weighted by Crippen LogP contribution is 2.47. The van der Waals surface area contributed by atoms with Crippen LogP contribution in [0.5, 0.6) is 5.75 Å². The van der Waals surface area contributed by atoms with Crippen molar-refractivity contribution in [1.82, 2.24) is 10.2 Å². The van der Waals surface area contributed by atoms with Gasteiger partial charge in [0, 0.05) is 37.3 Å². The molecule has 19 heavy (non-hydrogen) atoms. The Kier molecular flexibility index (Phi) is 3.76. The first-order valence-corrected chi connectivity index (χ1v) is 7.46. The molecule has 1 N–H and O–H groups in total. The summed E-state index contributed by atoms with van der Waals surface area (Å²) in [6.45, 7) is 4.52. The Balaban J connectivity index is 1.99. The van der Waals surface area contributed by atoms with Crippen LogP contribution in [0.2, 0.25) is 0 Å². The monoisotopic (exact) mass is 260 g/mol. The van der Waals surface area contributed by atoms with Crippen LogP contribution in [0.15, 0.2) is 24.3 Å². The summed E-state index contributed by atoms with van der Waals surface area (Å²) in [5.74, 6) is 1.06. The number of para-hydroxylation sites is 1. The number of methoxy groups -OCH3 is 1. The minimum absolute atomic E-state index is 0.217. The Hall–Kier alpha value is -1.06. The standard InChI is InChI=1S/C16H24N2O/c1-19-15-7-3-2-6-14(15)16(8-4-5-9-16)18-12-10-17-11-13-18/h2-3,6-7,17H,4-5,8-13H2,1H3. The quantitative estimate of drug-likeness (QED) is 0.903. The summed E-state index contributed by atoms with van der Waals surface area (Å²) < 4.78 is 5.63. The molecule has 3 nitrogen and oxygen atoms in total. The van der Waals surface area contributed by atoms with Crippen molar-refractivity contribution in [3.63, 3.8) is 0 Å². The van der Waals surface area contributed by atoms with E-state index in [4.69, 9.17) is 4.74 Å². The van der Waals surface area contributed by atoms with Crippen LogP contribution >= 0.6 is 0 Å². The average molecular weight is 260 g/mol. The van der Waals surface area contributed by atoms with Crippen molar-refractivity contribution in [2.24, 2.45) is 0 Å². The fourth-order valence-electron chi connectivity index (χ4n) is 3.84. The lowest BCUT2D eigenvalue weighted by Crippen LogP contribution is -2.53. The molecule has 1 aromatic rings. The van der Waals surface area contributed by atoms with Gasteiger partial charge in [0.1, 0.15) is 5.75 Å². The van der Waals surface area contributed by atoms with Crippen LogP contribution in [0.3, 0.4) is 0 Å². The zero-order valence-corrected chi connectivity index (χ0v) is 11.8. The molecule has 0 aromatic heterocycles. The second kappa shape index (κ2) is 5.51. The van der Waals surface area contributed by atoms with E-state index >= 15 is 0 Å². The first kappa shape index (κ1) is 12.9. The highest BCUT2D eigenvalue weighted by Gasteiger charge is 2.42. The fraction of sp³-hybridized carbons (Fsp3) is 0.625. The predicted molar refractivity (Wildman–Crippen MR) is 77.6 cm³/mol. The Morgan fingerprint density at radius 1 is 1.11 bits per heavy atom. The first-order chi connectivity index (χ1) is 9.37. The maximum absolute atomic E-state index is 5.63. The second-order valence-electron chi connectivity index (χ2n) is 5.68. The van der Waals surface area contributed by atoms with Gasteiger partial charge in [-0.2, -0.15) is 0 Å². The van der Waals surface area contributed by atoms with Crippen molar-refractivity contribution < 1.29 is 4.74 Å². The Morgan fingerprint density at radius 2 is 1.79 bits per heavy atom. The van der Waals surface area contributed by atoms with Gasteiger partial charge in [0.05, 0.1) is 7.11 Å². The van der Waals surface area contributed by atoms with Crippen LogP contribution in [-0.2, 0) is 5.54 Å². The molecule has 0 unspecified atom stereocenters. The van der Waals surface area contributed by atoms with E-state index in [2.05, 4.69) is 34.5 Å². The van der Waals surface area contributed by atoms with Crippen LogP contribution in [0, 0.1) is 0 Å². The van der Waals surface area contributed by atoms with Gasteiger partial charge in [-0.15, -0.1) is 0 Å². The molecule has 104 valence electrons. The summed E-state index contributed by atoms with van der Waals surface area (Å²) in [7, 11) is 1.79. The lowest BCUT2D eigenvalue weighted by molar-refractivity contribution is 0.0734. The van der Waals surface area contributed by atoms with Crippen LogP contribution in [0.4, 0.5) is 0 Å². The normalized spacial score (nSPS) is 23.4. The van der Waals surface area contributed by atoms with E-state index in [0.717, 1.165) is 31.9 Å². The Labute approximate surface area is 115 Å². The lowest BCUT2D eigenvalue weighted by Gasteiger charge is -2.44. The molecule has 0 amide bonds. The van der Waals surface area contributed by atoms with Gasteiger partial charge >= 0.3 is 0 Å². The molecule has 0 bridgehead atoms. The van der Waals surface area contributed by atoms with E-state index in [1.54, 1.807) is 7.11 Å². The number of nitrogens with one attached hydrogen (secondary N) is 1. The number of piperazine rings is 1. The molecule has 0 spiro atoms. The number of hydrogen-bond donors (Lipinski definition) is 1.